The first-order chi connectivity index (χ1) is 18.7. The number of aliphatic hydroxyl groups is 1. The number of ether oxygens (including phenoxy) is 3. The zero-order valence-electron chi connectivity index (χ0n) is 26.4. The number of fused-ring (bicyclic) bond motifs is 1. The molecule has 5 heteroatoms. The molecule has 5 nitrogen and oxygen atoms in total. The fourth-order valence-corrected chi connectivity index (χ4v) is 5.85. The number of rotatable bonds is 8. The Morgan fingerprint density at radius 1 is 1.05 bits per heavy atom. The van der Waals surface area contributed by atoms with Crippen LogP contribution in [0, 0.1) is 10.8 Å². The summed E-state index contributed by atoms with van der Waals surface area (Å²) in [5.74, 6) is 0.952. The summed E-state index contributed by atoms with van der Waals surface area (Å²) >= 11 is 0. The van der Waals surface area contributed by atoms with E-state index in [1.807, 2.05) is 38.1 Å². The molecule has 220 valence electrons. The highest BCUT2D eigenvalue weighted by Crippen LogP contribution is 2.50. The molecule has 0 amide bonds. The van der Waals surface area contributed by atoms with Crippen molar-refractivity contribution in [2.75, 3.05) is 13.2 Å². The van der Waals surface area contributed by atoms with Gasteiger partial charge in [-0.15, -0.1) is 0 Å². The van der Waals surface area contributed by atoms with Crippen molar-refractivity contribution in [3.05, 3.63) is 64.0 Å². The largest absolute Gasteiger partial charge is 0.491 e. The highest BCUT2D eigenvalue weighted by Gasteiger charge is 2.41. The van der Waals surface area contributed by atoms with Gasteiger partial charge in [-0.2, -0.15) is 0 Å². The second-order valence-electron chi connectivity index (χ2n) is 14.2. The quantitative estimate of drug-likeness (QED) is 0.359. The summed E-state index contributed by atoms with van der Waals surface area (Å²) in [6, 6.07) is 7.86. The van der Waals surface area contributed by atoms with Crippen LogP contribution in [0.4, 0.5) is 0 Å². The normalized spacial score (nSPS) is 20.7. The van der Waals surface area contributed by atoms with Gasteiger partial charge in [-0.3, -0.25) is 4.98 Å². The maximum atomic E-state index is 12.1. The van der Waals surface area contributed by atoms with E-state index in [4.69, 9.17) is 19.2 Å². The highest BCUT2D eigenvalue weighted by atomic mass is 16.5. The molecule has 0 bridgehead atoms. The van der Waals surface area contributed by atoms with E-state index in [1.54, 1.807) is 0 Å². The summed E-state index contributed by atoms with van der Waals surface area (Å²) in [5, 5.41) is 12.1. The second kappa shape index (κ2) is 12.0. The van der Waals surface area contributed by atoms with E-state index >= 15 is 0 Å². The molecule has 0 spiro atoms. The maximum Gasteiger partial charge on any atom is 0.119 e. The first kappa shape index (κ1) is 30.7. The molecule has 3 atom stereocenters. The van der Waals surface area contributed by atoms with Crippen molar-refractivity contribution in [1.82, 2.24) is 4.98 Å². The summed E-state index contributed by atoms with van der Waals surface area (Å²) in [4.78, 5) is 5.36. The summed E-state index contributed by atoms with van der Waals surface area (Å²) in [6.07, 6.45) is 4.03. The number of hydrogen-bond donors (Lipinski definition) is 1. The Hall–Kier alpha value is -2.21. The van der Waals surface area contributed by atoms with Gasteiger partial charge in [0, 0.05) is 22.5 Å². The molecule has 40 heavy (non-hydrogen) atoms. The lowest BCUT2D eigenvalue weighted by molar-refractivity contribution is -0.0778. The molecule has 0 saturated carbocycles. The van der Waals surface area contributed by atoms with Gasteiger partial charge >= 0.3 is 0 Å². The van der Waals surface area contributed by atoms with Gasteiger partial charge in [-0.05, 0) is 85.6 Å². The molecule has 1 aliphatic carbocycles. The van der Waals surface area contributed by atoms with Crippen LogP contribution in [0.1, 0.15) is 134 Å². The first-order valence-electron chi connectivity index (χ1n) is 15.1. The second-order valence-corrected chi connectivity index (χ2v) is 14.2. The van der Waals surface area contributed by atoms with E-state index in [0.29, 0.717) is 13.2 Å². The van der Waals surface area contributed by atoms with Gasteiger partial charge in [0.2, 0.25) is 0 Å². The third-order valence-electron chi connectivity index (χ3n) is 8.35. The van der Waals surface area contributed by atoms with Gasteiger partial charge < -0.3 is 19.3 Å². The van der Waals surface area contributed by atoms with E-state index in [1.165, 1.54) is 11.1 Å². The molecule has 1 aliphatic heterocycles. The molecule has 1 aromatic heterocycles. The van der Waals surface area contributed by atoms with E-state index < -0.39 is 6.10 Å². The Morgan fingerprint density at radius 3 is 2.27 bits per heavy atom. The molecular formula is C35H51NO4. The van der Waals surface area contributed by atoms with Crippen LogP contribution in [-0.4, -0.2) is 35.5 Å². The number of hydrogen-bond acceptors (Lipinski definition) is 5. The molecule has 0 radical (unpaired) electrons. The van der Waals surface area contributed by atoms with Crippen LogP contribution >= 0.6 is 0 Å². The predicted molar refractivity (Wildman–Crippen MR) is 163 cm³/mol. The fraction of sp³-hybridized carbons (Fsp3) is 0.629. The minimum Gasteiger partial charge on any atom is -0.491 e. The molecule has 2 aromatic rings. The van der Waals surface area contributed by atoms with Crippen molar-refractivity contribution in [2.45, 2.75) is 119 Å². The lowest BCUT2D eigenvalue weighted by atomic mass is 9.71. The minimum atomic E-state index is -0.822. The Morgan fingerprint density at radius 2 is 1.73 bits per heavy atom. The Balaban J connectivity index is 1.96. The van der Waals surface area contributed by atoms with Crippen molar-refractivity contribution in [3.63, 3.8) is 0 Å². The zero-order valence-corrected chi connectivity index (χ0v) is 26.4. The highest BCUT2D eigenvalue weighted by molar-refractivity contribution is 5.75. The summed E-state index contributed by atoms with van der Waals surface area (Å²) in [5.41, 5.74) is 7.44. The van der Waals surface area contributed by atoms with Crippen molar-refractivity contribution in [3.8, 4) is 5.75 Å². The average Bonchev–Trinajstić information content (AvgIpc) is 2.86. The van der Waals surface area contributed by atoms with Crippen LogP contribution in [0.25, 0.3) is 5.57 Å². The molecular weight excluding hydrogens is 498 g/mol. The standard InChI is InChI=1S/C35H51NO4/c1-21(2)32-31(33(37)25-11-13-26(14-12-25)39-22(3)4)29(24-15-17-38-18-16-24)30-27(36-32)19-35(9,10)20-28(30)40-23(5)34(6,7)8/h11-15,21-23,28,33,37H,16-20H2,1-10H3. The summed E-state index contributed by atoms with van der Waals surface area (Å²) < 4.78 is 18.6. The third kappa shape index (κ3) is 6.80. The monoisotopic (exact) mass is 549 g/mol. The van der Waals surface area contributed by atoms with Crippen LogP contribution in [0.15, 0.2) is 30.3 Å². The summed E-state index contributed by atoms with van der Waals surface area (Å²) in [6.45, 7) is 23.2. The lowest BCUT2D eigenvalue weighted by Gasteiger charge is -2.42. The van der Waals surface area contributed by atoms with Crippen LogP contribution in [0.5, 0.6) is 5.75 Å². The molecule has 1 N–H and O–H groups in total. The van der Waals surface area contributed by atoms with Crippen LogP contribution in [0.2, 0.25) is 0 Å². The summed E-state index contributed by atoms with van der Waals surface area (Å²) in [7, 11) is 0. The average molecular weight is 550 g/mol. The topological polar surface area (TPSA) is 60.8 Å². The van der Waals surface area contributed by atoms with Crippen LogP contribution in [-0.2, 0) is 15.9 Å². The van der Waals surface area contributed by atoms with Gasteiger partial charge in [0.25, 0.3) is 0 Å². The van der Waals surface area contributed by atoms with E-state index in [0.717, 1.165) is 53.1 Å². The maximum absolute atomic E-state index is 12.1. The Labute approximate surface area is 242 Å². The van der Waals surface area contributed by atoms with Crippen LogP contribution < -0.4 is 4.74 Å². The van der Waals surface area contributed by atoms with Gasteiger partial charge in [-0.25, -0.2) is 0 Å². The Kier molecular flexibility index (Phi) is 9.19. The van der Waals surface area contributed by atoms with Crippen LogP contribution in [0.3, 0.4) is 0 Å². The van der Waals surface area contributed by atoms with E-state index in [9.17, 15) is 5.11 Å². The molecule has 1 aromatic carbocycles. The van der Waals surface area contributed by atoms with E-state index in [-0.39, 0.29) is 35.1 Å². The molecule has 4 rings (SSSR count). The van der Waals surface area contributed by atoms with Crippen molar-refractivity contribution in [1.29, 1.82) is 0 Å². The molecule has 2 heterocycles. The van der Waals surface area contributed by atoms with Crippen molar-refractivity contribution < 1.29 is 19.3 Å². The molecule has 0 saturated heterocycles. The van der Waals surface area contributed by atoms with Gasteiger partial charge in [0.05, 0.1) is 31.5 Å². The fourth-order valence-electron chi connectivity index (χ4n) is 5.85. The minimum absolute atomic E-state index is 0.00725. The zero-order chi connectivity index (χ0) is 29.4. The Bertz CT molecular complexity index is 1200. The number of benzene rings is 1. The first-order valence-corrected chi connectivity index (χ1v) is 15.1. The van der Waals surface area contributed by atoms with Crippen molar-refractivity contribution in [2.24, 2.45) is 10.8 Å². The number of aliphatic hydroxyl groups excluding tert-OH is 1. The van der Waals surface area contributed by atoms with Gasteiger partial charge in [0.1, 0.15) is 11.9 Å². The molecule has 0 fully saturated rings. The van der Waals surface area contributed by atoms with E-state index in [2.05, 4.69) is 61.5 Å². The molecule has 2 aliphatic rings. The molecule has 3 unspecified atom stereocenters. The predicted octanol–water partition coefficient (Wildman–Crippen LogP) is 8.34. The number of nitrogens with zero attached hydrogens (tertiary/aromatic N) is 1. The number of pyridine rings is 1. The SMILES string of the molecule is CC(C)Oc1ccc(C(O)c2c(C(C)C)nc3c(c2C2=CCOCC2)C(OC(C)C(C)(C)C)CC(C)(C)C3)cc1. The van der Waals surface area contributed by atoms with Gasteiger partial charge in [-0.1, -0.05) is 66.7 Å². The van der Waals surface area contributed by atoms with Gasteiger partial charge in [0.15, 0.2) is 0 Å². The smallest absolute Gasteiger partial charge is 0.119 e. The number of aromatic nitrogens is 1. The van der Waals surface area contributed by atoms with Crippen molar-refractivity contribution >= 4 is 5.57 Å². The lowest BCUT2D eigenvalue weighted by Crippen LogP contribution is -2.35. The third-order valence-corrected chi connectivity index (χ3v) is 8.35.